The number of sulfonamides is 1. The van der Waals surface area contributed by atoms with E-state index in [0.29, 0.717) is 12.5 Å². The van der Waals surface area contributed by atoms with Crippen LogP contribution in [-0.2, 0) is 16.6 Å². The lowest BCUT2D eigenvalue weighted by atomic mass is 9.88. The molecule has 1 heterocycles. The van der Waals surface area contributed by atoms with Gasteiger partial charge in [0.05, 0.1) is 0 Å². The number of rotatable bonds is 5. The van der Waals surface area contributed by atoms with Crippen molar-refractivity contribution in [2.75, 3.05) is 7.05 Å². The van der Waals surface area contributed by atoms with E-state index >= 15 is 0 Å². The molecule has 1 fully saturated rings. The predicted molar refractivity (Wildman–Crippen MR) is 78.7 cm³/mol. The third kappa shape index (κ3) is 4.01. The first kappa shape index (κ1) is 15.4. The van der Waals surface area contributed by atoms with Crippen molar-refractivity contribution in [3.8, 4) is 0 Å². The van der Waals surface area contributed by atoms with Crippen molar-refractivity contribution in [2.45, 2.75) is 50.2 Å². The van der Waals surface area contributed by atoms with Crippen molar-refractivity contribution in [3.05, 3.63) is 23.9 Å². The molecule has 20 heavy (non-hydrogen) atoms. The molecule has 0 aliphatic heterocycles. The fraction of sp³-hybridized carbons (Fsp3) is 0.643. The Hall–Kier alpha value is -0.980. The Morgan fingerprint density at radius 3 is 2.75 bits per heavy atom. The maximum absolute atomic E-state index is 12.3. The standard InChI is InChI=1S/C14H23N3O2S/c1-11-4-3-5-13(8-11)17-20(18,19)14-7-6-12(9-15-2)10-16-14/h6-7,10-11,13,15,17H,3-5,8-9H2,1-2H3. The van der Waals surface area contributed by atoms with Crippen LogP contribution in [0, 0.1) is 5.92 Å². The van der Waals surface area contributed by atoms with Crippen LogP contribution in [0.25, 0.3) is 0 Å². The molecular weight excluding hydrogens is 274 g/mol. The highest BCUT2D eigenvalue weighted by Gasteiger charge is 2.25. The lowest BCUT2D eigenvalue weighted by Crippen LogP contribution is -2.38. The fourth-order valence-corrected chi connectivity index (χ4v) is 3.91. The lowest BCUT2D eigenvalue weighted by molar-refractivity contribution is 0.327. The summed E-state index contributed by atoms with van der Waals surface area (Å²) in [6.45, 7) is 2.85. The molecule has 1 saturated carbocycles. The minimum Gasteiger partial charge on any atom is -0.316 e. The highest BCUT2D eigenvalue weighted by Crippen LogP contribution is 2.24. The van der Waals surface area contributed by atoms with E-state index in [1.807, 2.05) is 7.05 Å². The van der Waals surface area contributed by atoms with Crippen LogP contribution in [-0.4, -0.2) is 26.5 Å². The first-order valence-electron chi connectivity index (χ1n) is 7.13. The Bertz CT molecular complexity index is 528. The van der Waals surface area contributed by atoms with Gasteiger partial charge in [-0.05, 0) is 37.4 Å². The molecule has 0 saturated heterocycles. The molecular formula is C14H23N3O2S. The van der Waals surface area contributed by atoms with Gasteiger partial charge >= 0.3 is 0 Å². The normalized spacial score (nSPS) is 23.7. The number of pyridine rings is 1. The van der Waals surface area contributed by atoms with E-state index < -0.39 is 10.0 Å². The summed E-state index contributed by atoms with van der Waals surface area (Å²) in [4.78, 5) is 4.06. The molecule has 0 bridgehead atoms. The molecule has 2 atom stereocenters. The second-order valence-electron chi connectivity index (χ2n) is 5.63. The average Bonchev–Trinajstić information content (AvgIpc) is 2.39. The minimum absolute atomic E-state index is 0.0440. The SMILES string of the molecule is CNCc1ccc(S(=O)(=O)NC2CCCC(C)C2)nc1. The first-order chi connectivity index (χ1) is 9.51. The van der Waals surface area contributed by atoms with Crippen LogP contribution in [0.15, 0.2) is 23.4 Å². The molecule has 1 aromatic heterocycles. The highest BCUT2D eigenvalue weighted by molar-refractivity contribution is 7.89. The van der Waals surface area contributed by atoms with Crippen molar-refractivity contribution in [3.63, 3.8) is 0 Å². The predicted octanol–water partition coefficient (Wildman–Crippen LogP) is 1.66. The van der Waals surface area contributed by atoms with Crippen molar-refractivity contribution in [1.82, 2.24) is 15.0 Å². The Morgan fingerprint density at radius 1 is 1.35 bits per heavy atom. The summed E-state index contributed by atoms with van der Waals surface area (Å²) < 4.78 is 27.4. The molecule has 0 amide bonds. The molecule has 0 radical (unpaired) electrons. The van der Waals surface area contributed by atoms with Crippen LogP contribution >= 0.6 is 0 Å². The molecule has 0 aromatic carbocycles. The van der Waals surface area contributed by atoms with Gasteiger partial charge in [-0.1, -0.05) is 25.8 Å². The molecule has 2 rings (SSSR count). The van der Waals surface area contributed by atoms with Gasteiger partial charge in [-0.25, -0.2) is 18.1 Å². The summed E-state index contributed by atoms with van der Waals surface area (Å²) in [5.74, 6) is 0.586. The number of aromatic nitrogens is 1. The molecule has 2 unspecified atom stereocenters. The van der Waals surface area contributed by atoms with Crippen LogP contribution in [0.2, 0.25) is 0 Å². The molecule has 112 valence electrons. The van der Waals surface area contributed by atoms with E-state index in [-0.39, 0.29) is 11.1 Å². The van der Waals surface area contributed by atoms with E-state index in [0.717, 1.165) is 24.8 Å². The molecule has 2 N–H and O–H groups in total. The summed E-state index contributed by atoms with van der Waals surface area (Å²) >= 11 is 0. The van der Waals surface area contributed by atoms with Crippen LogP contribution < -0.4 is 10.0 Å². The lowest BCUT2D eigenvalue weighted by Gasteiger charge is -2.27. The smallest absolute Gasteiger partial charge is 0.258 e. The Labute approximate surface area is 121 Å². The van der Waals surface area contributed by atoms with Crippen LogP contribution in [0.3, 0.4) is 0 Å². The number of hydrogen-bond donors (Lipinski definition) is 2. The zero-order valence-electron chi connectivity index (χ0n) is 12.1. The monoisotopic (exact) mass is 297 g/mol. The van der Waals surface area contributed by atoms with Crippen LogP contribution in [0.1, 0.15) is 38.2 Å². The third-order valence-corrected chi connectivity index (χ3v) is 5.15. The van der Waals surface area contributed by atoms with Gasteiger partial charge < -0.3 is 5.32 Å². The highest BCUT2D eigenvalue weighted by atomic mass is 32.2. The zero-order valence-corrected chi connectivity index (χ0v) is 12.9. The second kappa shape index (κ2) is 6.65. The van der Waals surface area contributed by atoms with Gasteiger partial charge in [0.25, 0.3) is 10.0 Å². The van der Waals surface area contributed by atoms with Gasteiger partial charge in [-0.2, -0.15) is 0 Å². The molecule has 5 nitrogen and oxygen atoms in total. The third-order valence-electron chi connectivity index (χ3n) is 3.71. The van der Waals surface area contributed by atoms with E-state index in [2.05, 4.69) is 21.9 Å². The summed E-state index contributed by atoms with van der Waals surface area (Å²) in [5, 5.41) is 3.11. The van der Waals surface area contributed by atoms with E-state index in [4.69, 9.17) is 0 Å². The Kier molecular flexibility index (Phi) is 5.12. The molecule has 1 aliphatic rings. The first-order valence-corrected chi connectivity index (χ1v) is 8.61. The van der Waals surface area contributed by atoms with Gasteiger partial charge in [0.1, 0.15) is 0 Å². The number of hydrogen-bond acceptors (Lipinski definition) is 4. The summed E-state index contributed by atoms with van der Waals surface area (Å²) in [6.07, 6.45) is 5.71. The van der Waals surface area contributed by atoms with Gasteiger partial charge in [0.15, 0.2) is 5.03 Å². The average molecular weight is 297 g/mol. The fourth-order valence-electron chi connectivity index (χ4n) is 2.70. The Balaban J connectivity index is 2.05. The van der Waals surface area contributed by atoms with Crippen molar-refractivity contribution < 1.29 is 8.42 Å². The molecule has 0 spiro atoms. The van der Waals surface area contributed by atoms with E-state index in [9.17, 15) is 8.42 Å². The largest absolute Gasteiger partial charge is 0.316 e. The number of nitrogens with zero attached hydrogens (tertiary/aromatic N) is 1. The second-order valence-corrected chi connectivity index (χ2v) is 7.29. The topological polar surface area (TPSA) is 71.1 Å². The van der Waals surface area contributed by atoms with Crippen LogP contribution in [0.5, 0.6) is 0 Å². The summed E-state index contributed by atoms with van der Waals surface area (Å²) in [5.41, 5.74) is 0.970. The zero-order chi connectivity index (χ0) is 14.6. The summed E-state index contributed by atoms with van der Waals surface area (Å²) in [6, 6.07) is 3.41. The maximum atomic E-state index is 12.3. The molecule has 1 aromatic rings. The van der Waals surface area contributed by atoms with Gasteiger partial charge in [0.2, 0.25) is 0 Å². The summed E-state index contributed by atoms with van der Waals surface area (Å²) in [7, 11) is -1.65. The van der Waals surface area contributed by atoms with Gasteiger partial charge in [-0.15, -0.1) is 0 Å². The Morgan fingerprint density at radius 2 is 2.15 bits per heavy atom. The quantitative estimate of drug-likeness (QED) is 0.867. The number of nitrogens with one attached hydrogen (secondary N) is 2. The van der Waals surface area contributed by atoms with Gasteiger partial charge in [0, 0.05) is 18.8 Å². The minimum atomic E-state index is -3.50. The maximum Gasteiger partial charge on any atom is 0.258 e. The molecule has 6 heteroatoms. The van der Waals surface area contributed by atoms with Crippen molar-refractivity contribution >= 4 is 10.0 Å². The van der Waals surface area contributed by atoms with Gasteiger partial charge in [-0.3, -0.25) is 0 Å². The van der Waals surface area contributed by atoms with Crippen LogP contribution in [0.4, 0.5) is 0 Å². The van der Waals surface area contributed by atoms with Crippen molar-refractivity contribution in [1.29, 1.82) is 0 Å². The van der Waals surface area contributed by atoms with Crippen molar-refractivity contribution in [2.24, 2.45) is 5.92 Å². The molecule has 1 aliphatic carbocycles. The van der Waals surface area contributed by atoms with E-state index in [1.54, 1.807) is 18.3 Å². The van der Waals surface area contributed by atoms with E-state index in [1.165, 1.54) is 6.42 Å².